The Kier molecular flexibility index (Phi) is 4.89. The van der Waals surface area contributed by atoms with Gasteiger partial charge in [-0.05, 0) is 36.5 Å². The molecule has 23 heavy (non-hydrogen) atoms. The first kappa shape index (κ1) is 15.5. The summed E-state index contributed by atoms with van der Waals surface area (Å²) in [5.41, 5.74) is 9.58. The van der Waals surface area contributed by atoms with Crippen molar-refractivity contribution < 1.29 is 4.79 Å². The van der Waals surface area contributed by atoms with Gasteiger partial charge in [0.1, 0.15) is 5.78 Å². The number of hydrogen-bond acceptors (Lipinski definition) is 2. The second-order valence-corrected chi connectivity index (χ2v) is 5.98. The highest BCUT2D eigenvalue weighted by molar-refractivity contribution is 5.85. The maximum Gasteiger partial charge on any atom is 0.149 e. The molecule has 118 valence electrons. The summed E-state index contributed by atoms with van der Waals surface area (Å²) in [6.07, 6.45) is 4.93. The van der Waals surface area contributed by atoms with E-state index >= 15 is 0 Å². The topological polar surface area (TPSA) is 58.9 Å². The minimum absolute atomic E-state index is 0.147. The third-order valence-corrected chi connectivity index (χ3v) is 4.26. The zero-order valence-electron chi connectivity index (χ0n) is 13.2. The van der Waals surface area contributed by atoms with Crippen molar-refractivity contribution in [2.75, 3.05) is 0 Å². The first-order chi connectivity index (χ1) is 11.2. The average molecular weight is 306 g/mol. The lowest BCUT2D eigenvalue weighted by Crippen LogP contribution is -2.32. The highest BCUT2D eigenvalue weighted by Crippen LogP contribution is 2.19. The zero-order chi connectivity index (χ0) is 16.1. The van der Waals surface area contributed by atoms with Crippen molar-refractivity contribution in [1.82, 2.24) is 4.98 Å². The fourth-order valence-electron chi connectivity index (χ4n) is 2.96. The number of aryl methyl sites for hydroxylation is 1. The Balaban J connectivity index is 1.51. The van der Waals surface area contributed by atoms with Gasteiger partial charge in [0, 0.05) is 23.5 Å². The van der Waals surface area contributed by atoms with E-state index in [4.69, 9.17) is 5.73 Å². The van der Waals surface area contributed by atoms with Crippen molar-refractivity contribution in [3.63, 3.8) is 0 Å². The van der Waals surface area contributed by atoms with Crippen LogP contribution in [0.15, 0.2) is 60.8 Å². The summed E-state index contributed by atoms with van der Waals surface area (Å²) in [6, 6.07) is 17.8. The maximum absolute atomic E-state index is 12.2. The zero-order valence-corrected chi connectivity index (χ0v) is 13.2. The lowest BCUT2D eigenvalue weighted by molar-refractivity contribution is -0.120. The molecule has 0 saturated heterocycles. The van der Waals surface area contributed by atoms with Gasteiger partial charge in [0.15, 0.2) is 0 Å². The third kappa shape index (κ3) is 3.88. The Labute approximate surface area is 136 Å². The molecule has 0 spiro atoms. The number of rotatable bonds is 7. The van der Waals surface area contributed by atoms with Crippen LogP contribution >= 0.6 is 0 Å². The molecule has 1 aromatic heterocycles. The monoisotopic (exact) mass is 306 g/mol. The molecule has 0 aliphatic carbocycles. The number of nitrogens with one attached hydrogen (secondary N) is 1. The van der Waals surface area contributed by atoms with Crippen LogP contribution < -0.4 is 5.73 Å². The highest BCUT2D eigenvalue weighted by atomic mass is 16.1. The van der Waals surface area contributed by atoms with Crippen LogP contribution in [0.4, 0.5) is 0 Å². The van der Waals surface area contributed by atoms with Gasteiger partial charge in [-0.25, -0.2) is 0 Å². The first-order valence-corrected chi connectivity index (χ1v) is 8.11. The molecule has 2 aromatic carbocycles. The Bertz CT molecular complexity index is 776. The van der Waals surface area contributed by atoms with Crippen LogP contribution in [0.5, 0.6) is 0 Å². The Morgan fingerprint density at radius 1 is 1.04 bits per heavy atom. The smallest absolute Gasteiger partial charge is 0.149 e. The van der Waals surface area contributed by atoms with Gasteiger partial charge in [0.2, 0.25) is 0 Å². The molecular weight excluding hydrogens is 284 g/mol. The highest BCUT2D eigenvalue weighted by Gasteiger charge is 2.14. The number of para-hydroxylation sites is 1. The van der Waals surface area contributed by atoms with Gasteiger partial charge in [-0.3, -0.25) is 4.79 Å². The molecule has 3 rings (SSSR count). The molecule has 3 nitrogen and oxygen atoms in total. The van der Waals surface area contributed by atoms with Gasteiger partial charge >= 0.3 is 0 Å². The minimum Gasteiger partial charge on any atom is -0.361 e. The van der Waals surface area contributed by atoms with Gasteiger partial charge in [-0.2, -0.15) is 0 Å². The fraction of sp³-hybridized carbons (Fsp3) is 0.250. The number of carbonyl (C=O) groups excluding carboxylic acids is 1. The molecule has 0 saturated carbocycles. The number of nitrogens with two attached hydrogens (primary N) is 1. The quantitative estimate of drug-likeness (QED) is 0.700. The molecule has 0 radical (unpaired) electrons. The predicted molar refractivity (Wildman–Crippen MR) is 94.4 cm³/mol. The van der Waals surface area contributed by atoms with Crippen molar-refractivity contribution in [1.29, 1.82) is 0 Å². The first-order valence-electron chi connectivity index (χ1n) is 8.11. The second kappa shape index (κ2) is 7.25. The Morgan fingerprint density at radius 3 is 2.61 bits per heavy atom. The van der Waals surface area contributed by atoms with Crippen molar-refractivity contribution in [3.05, 3.63) is 71.9 Å². The standard InChI is InChI=1S/C20H22N2O/c21-18(13-15-7-2-1-3-8-15)20(23)12-6-9-16-14-22-19-11-5-4-10-17(16)19/h1-5,7-8,10-11,14,18,22H,6,9,12-13,21H2/t18-/m1/s1. The molecule has 0 aliphatic rings. The molecule has 1 heterocycles. The van der Waals surface area contributed by atoms with Crippen molar-refractivity contribution in [2.24, 2.45) is 5.73 Å². The number of aromatic amines is 1. The number of ketones is 1. The van der Waals surface area contributed by atoms with Crippen LogP contribution in [0.25, 0.3) is 10.9 Å². The van der Waals surface area contributed by atoms with E-state index in [0.29, 0.717) is 12.8 Å². The van der Waals surface area contributed by atoms with Crippen LogP contribution in [-0.2, 0) is 17.6 Å². The molecule has 3 N–H and O–H groups in total. The minimum atomic E-state index is -0.402. The molecule has 0 bridgehead atoms. The van der Waals surface area contributed by atoms with E-state index in [9.17, 15) is 4.79 Å². The van der Waals surface area contributed by atoms with Gasteiger partial charge in [0.25, 0.3) is 0 Å². The number of Topliss-reactive ketones (excluding diaryl/α,β-unsaturated/α-hetero) is 1. The number of H-pyrrole nitrogens is 1. The van der Waals surface area contributed by atoms with Crippen LogP contribution in [0.1, 0.15) is 24.0 Å². The summed E-state index contributed by atoms with van der Waals surface area (Å²) >= 11 is 0. The van der Waals surface area contributed by atoms with Crippen LogP contribution in [0.3, 0.4) is 0 Å². The lowest BCUT2D eigenvalue weighted by atomic mass is 9.98. The molecular formula is C20H22N2O. The number of aromatic nitrogens is 1. The van der Waals surface area contributed by atoms with E-state index in [1.54, 1.807) is 0 Å². The molecule has 0 amide bonds. The molecule has 1 atom stereocenters. The summed E-state index contributed by atoms with van der Waals surface area (Å²) in [4.78, 5) is 15.5. The largest absolute Gasteiger partial charge is 0.361 e. The van der Waals surface area contributed by atoms with Crippen LogP contribution in [0.2, 0.25) is 0 Å². The van der Waals surface area contributed by atoms with Crippen molar-refractivity contribution in [2.45, 2.75) is 31.7 Å². The van der Waals surface area contributed by atoms with Crippen LogP contribution in [-0.4, -0.2) is 16.8 Å². The number of hydrogen-bond donors (Lipinski definition) is 2. The number of benzene rings is 2. The van der Waals surface area contributed by atoms with Crippen LogP contribution in [0, 0.1) is 0 Å². The van der Waals surface area contributed by atoms with Gasteiger partial charge in [0.05, 0.1) is 6.04 Å². The average Bonchev–Trinajstić information content (AvgIpc) is 2.99. The molecule has 0 aliphatic heterocycles. The molecule has 0 unspecified atom stereocenters. The second-order valence-electron chi connectivity index (χ2n) is 5.98. The Hall–Kier alpha value is -2.39. The number of carbonyl (C=O) groups is 1. The summed E-state index contributed by atoms with van der Waals surface area (Å²) in [5.74, 6) is 0.147. The lowest BCUT2D eigenvalue weighted by Gasteiger charge is -2.10. The number of fused-ring (bicyclic) bond motifs is 1. The fourth-order valence-corrected chi connectivity index (χ4v) is 2.96. The summed E-state index contributed by atoms with van der Waals surface area (Å²) in [5, 5.41) is 1.24. The van der Waals surface area contributed by atoms with Gasteiger partial charge < -0.3 is 10.7 Å². The van der Waals surface area contributed by atoms with Crippen molar-refractivity contribution >= 4 is 16.7 Å². The molecule has 0 fully saturated rings. The summed E-state index contributed by atoms with van der Waals surface area (Å²) in [6.45, 7) is 0. The van der Waals surface area contributed by atoms with E-state index < -0.39 is 6.04 Å². The van der Waals surface area contributed by atoms with Gasteiger partial charge in [-0.1, -0.05) is 48.5 Å². The predicted octanol–water partition coefficient (Wildman–Crippen LogP) is 3.63. The summed E-state index contributed by atoms with van der Waals surface area (Å²) in [7, 11) is 0. The molecule has 3 heteroatoms. The van der Waals surface area contributed by atoms with E-state index in [1.165, 1.54) is 10.9 Å². The van der Waals surface area contributed by atoms with E-state index in [2.05, 4.69) is 17.1 Å². The van der Waals surface area contributed by atoms with Gasteiger partial charge in [-0.15, -0.1) is 0 Å². The van der Waals surface area contributed by atoms with E-state index in [-0.39, 0.29) is 5.78 Å². The van der Waals surface area contributed by atoms with E-state index in [1.807, 2.05) is 48.7 Å². The summed E-state index contributed by atoms with van der Waals surface area (Å²) < 4.78 is 0. The van der Waals surface area contributed by atoms with Crippen molar-refractivity contribution in [3.8, 4) is 0 Å². The third-order valence-electron chi connectivity index (χ3n) is 4.26. The SMILES string of the molecule is N[C@H](Cc1ccccc1)C(=O)CCCc1c[nH]c2ccccc12. The Morgan fingerprint density at radius 2 is 1.78 bits per heavy atom. The maximum atomic E-state index is 12.2. The normalized spacial score (nSPS) is 12.4. The van der Waals surface area contributed by atoms with E-state index in [0.717, 1.165) is 23.9 Å². The molecule has 3 aromatic rings.